The van der Waals surface area contributed by atoms with E-state index in [1.54, 1.807) is 31.2 Å². The highest BCUT2D eigenvalue weighted by molar-refractivity contribution is 5.85. The Labute approximate surface area is 105 Å². The molecule has 0 saturated heterocycles. The zero-order chi connectivity index (χ0) is 13.5. The minimum absolute atomic E-state index is 0.222. The topological polar surface area (TPSA) is 90.6 Å². The van der Waals surface area contributed by atoms with E-state index in [2.05, 4.69) is 5.32 Å². The fourth-order valence-corrected chi connectivity index (χ4v) is 1.41. The van der Waals surface area contributed by atoms with E-state index in [0.717, 1.165) is 0 Å². The molecule has 1 atom stereocenters. The van der Waals surface area contributed by atoms with Crippen molar-refractivity contribution >= 4 is 12.0 Å². The number of methoxy groups -OCH3 is 1. The third-order valence-electron chi connectivity index (χ3n) is 2.27. The van der Waals surface area contributed by atoms with Crippen LogP contribution in [-0.2, 0) is 9.53 Å². The molecule has 6 heteroatoms. The maximum atomic E-state index is 11.3. The van der Waals surface area contributed by atoms with E-state index in [1.165, 1.54) is 7.11 Å². The number of nitrogens with one attached hydrogen (secondary N) is 1. The molecule has 0 bridgehead atoms. The molecule has 0 aromatic heterocycles. The summed E-state index contributed by atoms with van der Waals surface area (Å²) in [4.78, 5) is 22.6. The number of carbonyl (C=O) groups excluding carboxylic acids is 2. The van der Waals surface area contributed by atoms with Gasteiger partial charge in [0.15, 0.2) is 0 Å². The van der Waals surface area contributed by atoms with Crippen molar-refractivity contribution in [2.24, 2.45) is 5.73 Å². The van der Waals surface area contributed by atoms with Crippen molar-refractivity contribution in [3.63, 3.8) is 0 Å². The number of hydrogen-bond donors (Lipinski definition) is 2. The van der Waals surface area contributed by atoms with Crippen molar-refractivity contribution in [1.82, 2.24) is 5.32 Å². The van der Waals surface area contributed by atoms with Gasteiger partial charge in [0.1, 0.15) is 11.8 Å². The van der Waals surface area contributed by atoms with Gasteiger partial charge in [-0.3, -0.25) is 4.79 Å². The largest absolute Gasteiger partial charge is 0.497 e. The molecule has 0 fully saturated rings. The normalized spacial score (nSPS) is 11.4. The van der Waals surface area contributed by atoms with Gasteiger partial charge in [-0.15, -0.1) is 0 Å². The molecule has 1 aromatic rings. The number of ether oxygens (including phenoxy) is 2. The minimum Gasteiger partial charge on any atom is -0.497 e. The van der Waals surface area contributed by atoms with Crippen molar-refractivity contribution in [3.8, 4) is 5.75 Å². The summed E-state index contributed by atoms with van der Waals surface area (Å²) in [5.41, 5.74) is 5.81. The molecule has 0 saturated carbocycles. The maximum Gasteiger partial charge on any atom is 0.408 e. The van der Waals surface area contributed by atoms with Crippen LogP contribution in [0.5, 0.6) is 5.75 Å². The van der Waals surface area contributed by atoms with Gasteiger partial charge < -0.3 is 20.5 Å². The summed E-state index contributed by atoms with van der Waals surface area (Å²) in [6.45, 7) is 1.90. The lowest BCUT2D eigenvalue weighted by Gasteiger charge is -2.15. The summed E-state index contributed by atoms with van der Waals surface area (Å²) < 4.78 is 9.71. The SMILES string of the molecule is CCOC(=O)NC(C(N)=O)c1ccc(OC)cc1. The van der Waals surface area contributed by atoms with Crippen molar-refractivity contribution < 1.29 is 19.1 Å². The Balaban J connectivity index is 2.83. The van der Waals surface area contributed by atoms with Crippen LogP contribution in [0.25, 0.3) is 0 Å². The second kappa shape index (κ2) is 6.48. The van der Waals surface area contributed by atoms with Gasteiger partial charge in [0.05, 0.1) is 13.7 Å². The van der Waals surface area contributed by atoms with Crippen molar-refractivity contribution in [2.45, 2.75) is 13.0 Å². The Kier molecular flexibility index (Phi) is 4.98. The fourth-order valence-electron chi connectivity index (χ4n) is 1.41. The number of benzene rings is 1. The number of nitrogens with two attached hydrogens (primary N) is 1. The predicted octanol–water partition coefficient (Wildman–Crippen LogP) is 0.968. The molecule has 1 unspecified atom stereocenters. The summed E-state index contributed by atoms with van der Waals surface area (Å²) in [5, 5.41) is 2.39. The summed E-state index contributed by atoms with van der Waals surface area (Å²) in [7, 11) is 1.54. The van der Waals surface area contributed by atoms with Crippen LogP contribution in [0.15, 0.2) is 24.3 Å². The van der Waals surface area contributed by atoms with Crippen molar-refractivity contribution in [3.05, 3.63) is 29.8 Å². The van der Waals surface area contributed by atoms with E-state index in [0.29, 0.717) is 11.3 Å². The maximum absolute atomic E-state index is 11.3. The molecule has 6 nitrogen and oxygen atoms in total. The fraction of sp³-hybridized carbons (Fsp3) is 0.333. The van der Waals surface area contributed by atoms with E-state index >= 15 is 0 Å². The number of primary amides is 1. The molecule has 0 aliphatic rings. The Morgan fingerprint density at radius 3 is 2.39 bits per heavy atom. The number of rotatable bonds is 5. The van der Waals surface area contributed by atoms with E-state index in [1.807, 2.05) is 0 Å². The van der Waals surface area contributed by atoms with Crippen molar-refractivity contribution in [2.75, 3.05) is 13.7 Å². The molecular formula is C12H16N2O4. The molecule has 0 spiro atoms. The summed E-state index contributed by atoms with van der Waals surface area (Å²) in [5.74, 6) is -0.00803. The lowest BCUT2D eigenvalue weighted by molar-refractivity contribution is -0.120. The molecule has 0 aliphatic carbocycles. The Morgan fingerprint density at radius 1 is 1.33 bits per heavy atom. The van der Waals surface area contributed by atoms with E-state index in [-0.39, 0.29) is 6.61 Å². The highest BCUT2D eigenvalue weighted by atomic mass is 16.5. The monoisotopic (exact) mass is 252 g/mol. The van der Waals surface area contributed by atoms with Gasteiger partial charge in [0.2, 0.25) is 5.91 Å². The van der Waals surface area contributed by atoms with Gasteiger partial charge in [-0.05, 0) is 24.6 Å². The molecular weight excluding hydrogens is 236 g/mol. The highest BCUT2D eigenvalue weighted by Gasteiger charge is 2.20. The van der Waals surface area contributed by atoms with Crippen LogP contribution in [0.1, 0.15) is 18.5 Å². The standard InChI is InChI=1S/C12H16N2O4/c1-3-18-12(16)14-10(11(13)15)8-4-6-9(17-2)7-5-8/h4-7,10H,3H2,1-2H3,(H2,13,15)(H,14,16). The zero-order valence-corrected chi connectivity index (χ0v) is 10.3. The first-order valence-corrected chi connectivity index (χ1v) is 5.45. The Morgan fingerprint density at radius 2 is 1.94 bits per heavy atom. The van der Waals surface area contributed by atoms with Crippen LogP contribution in [-0.4, -0.2) is 25.7 Å². The number of carbonyl (C=O) groups is 2. The van der Waals surface area contributed by atoms with Gasteiger partial charge >= 0.3 is 6.09 Å². The third-order valence-corrected chi connectivity index (χ3v) is 2.27. The van der Waals surface area contributed by atoms with E-state index in [4.69, 9.17) is 15.2 Å². The molecule has 0 aliphatic heterocycles. The number of hydrogen-bond acceptors (Lipinski definition) is 4. The van der Waals surface area contributed by atoms with Crippen LogP contribution >= 0.6 is 0 Å². The lowest BCUT2D eigenvalue weighted by Crippen LogP contribution is -2.37. The second-order valence-corrected chi connectivity index (χ2v) is 3.47. The van der Waals surface area contributed by atoms with Crippen LogP contribution in [0.2, 0.25) is 0 Å². The summed E-state index contributed by atoms with van der Waals surface area (Å²) >= 11 is 0. The first kappa shape index (κ1) is 13.8. The smallest absolute Gasteiger partial charge is 0.408 e. The quantitative estimate of drug-likeness (QED) is 0.816. The first-order chi connectivity index (χ1) is 8.58. The second-order valence-electron chi connectivity index (χ2n) is 3.47. The van der Waals surface area contributed by atoms with Gasteiger partial charge in [-0.2, -0.15) is 0 Å². The van der Waals surface area contributed by atoms with Crippen LogP contribution in [0.3, 0.4) is 0 Å². The first-order valence-electron chi connectivity index (χ1n) is 5.45. The molecule has 1 rings (SSSR count). The molecule has 1 aromatic carbocycles. The lowest BCUT2D eigenvalue weighted by atomic mass is 10.1. The summed E-state index contributed by atoms with van der Waals surface area (Å²) in [6.07, 6.45) is -0.683. The molecule has 3 N–H and O–H groups in total. The number of amides is 2. The van der Waals surface area contributed by atoms with Crippen LogP contribution < -0.4 is 15.8 Å². The van der Waals surface area contributed by atoms with Crippen LogP contribution in [0, 0.1) is 0 Å². The molecule has 0 heterocycles. The van der Waals surface area contributed by atoms with Crippen LogP contribution in [0.4, 0.5) is 4.79 Å². The highest BCUT2D eigenvalue weighted by Crippen LogP contribution is 2.17. The van der Waals surface area contributed by atoms with Gasteiger partial charge in [0.25, 0.3) is 0 Å². The third kappa shape index (κ3) is 3.65. The average Bonchev–Trinajstić information content (AvgIpc) is 2.36. The van der Waals surface area contributed by atoms with Gasteiger partial charge in [0, 0.05) is 0 Å². The average molecular weight is 252 g/mol. The van der Waals surface area contributed by atoms with Gasteiger partial charge in [-0.25, -0.2) is 4.79 Å². The molecule has 2 amide bonds. The predicted molar refractivity (Wildman–Crippen MR) is 65.1 cm³/mol. The minimum atomic E-state index is -0.921. The van der Waals surface area contributed by atoms with E-state index in [9.17, 15) is 9.59 Å². The Bertz CT molecular complexity index is 417. The zero-order valence-electron chi connectivity index (χ0n) is 10.3. The number of alkyl carbamates (subject to hydrolysis) is 1. The molecule has 18 heavy (non-hydrogen) atoms. The summed E-state index contributed by atoms with van der Waals surface area (Å²) in [6, 6.07) is 5.74. The Hall–Kier alpha value is -2.24. The van der Waals surface area contributed by atoms with Gasteiger partial charge in [-0.1, -0.05) is 12.1 Å². The molecule has 0 radical (unpaired) electrons. The van der Waals surface area contributed by atoms with E-state index < -0.39 is 18.0 Å². The van der Waals surface area contributed by atoms with Crippen molar-refractivity contribution in [1.29, 1.82) is 0 Å². The molecule has 98 valence electrons.